The van der Waals surface area contributed by atoms with Crippen LogP contribution in [0.1, 0.15) is 32.9 Å². The lowest BCUT2D eigenvalue weighted by Gasteiger charge is -2.26. The molecular weight excluding hydrogens is 346 g/mol. The molecule has 0 saturated heterocycles. The molecule has 1 N–H and O–H groups in total. The number of benzene rings is 1. The monoisotopic (exact) mass is 365 g/mol. The van der Waals surface area contributed by atoms with Crippen LogP contribution in [-0.4, -0.2) is 21.8 Å². The molecule has 0 amide bonds. The lowest BCUT2D eigenvalue weighted by molar-refractivity contribution is -0.147. The summed E-state index contributed by atoms with van der Waals surface area (Å²) >= 11 is 7.43. The molecule has 0 fully saturated rings. The number of halogens is 1. The molecule has 1 atom stereocenters. The Hall–Kier alpha value is -1.72. The van der Waals surface area contributed by atoms with Crippen LogP contribution in [0.25, 0.3) is 10.6 Å². The highest BCUT2D eigenvalue weighted by molar-refractivity contribution is 7.13. The number of hydrogen-bond acceptors (Lipinski definition) is 4. The van der Waals surface area contributed by atoms with Crippen molar-refractivity contribution in [2.75, 3.05) is 0 Å². The molecule has 0 bridgehead atoms. The van der Waals surface area contributed by atoms with E-state index < -0.39 is 17.3 Å². The van der Waals surface area contributed by atoms with Gasteiger partial charge in [-0.25, -0.2) is 4.98 Å². The fourth-order valence-electron chi connectivity index (χ4n) is 2.41. The van der Waals surface area contributed by atoms with E-state index in [-0.39, 0.29) is 18.6 Å². The number of carboxylic acid groups (broad SMARTS) is 1. The third-order valence-corrected chi connectivity index (χ3v) is 4.95. The highest BCUT2D eigenvalue weighted by atomic mass is 35.5. The smallest absolute Gasteiger partial charge is 0.307 e. The Balaban J connectivity index is 2.06. The van der Waals surface area contributed by atoms with Crippen LogP contribution in [0.5, 0.6) is 0 Å². The number of ketones is 1. The van der Waals surface area contributed by atoms with Crippen molar-refractivity contribution in [1.82, 2.24) is 4.98 Å². The van der Waals surface area contributed by atoms with Gasteiger partial charge in [-0.15, -0.1) is 11.3 Å². The SMILES string of the molecule is CC(C)(C)C(CC(=O)Cc1csc(-c2cccc(Cl)c2)n1)C(=O)O. The molecule has 128 valence electrons. The van der Waals surface area contributed by atoms with Gasteiger partial charge in [-0.3, -0.25) is 9.59 Å². The van der Waals surface area contributed by atoms with E-state index in [1.807, 2.05) is 44.4 Å². The van der Waals surface area contributed by atoms with Crippen LogP contribution in [-0.2, 0) is 16.0 Å². The fraction of sp³-hybridized carbons (Fsp3) is 0.389. The summed E-state index contributed by atoms with van der Waals surface area (Å²) in [7, 11) is 0. The lowest BCUT2D eigenvalue weighted by Crippen LogP contribution is -2.31. The lowest BCUT2D eigenvalue weighted by atomic mass is 9.77. The Kier molecular flexibility index (Phi) is 5.78. The van der Waals surface area contributed by atoms with E-state index in [1.54, 1.807) is 6.07 Å². The maximum Gasteiger partial charge on any atom is 0.307 e. The highest BCUT2D eigenvalue weighted by Gasteiger charge is 2.33. The molecule has 1 heterocycles. The van der Waals surface area contributed by atoms with Gasteiger partial charge >= 0.3 is 5.97 Å². The van der Waals surface area contributed by atoms with E-state index in [1.165, 1.54) is 11.3 Å². The second-order valence-corrected chi connectivity index (χ2v) is 8.13. The Morgan fingerprint density at radius 1 is 1.33 bits per heavy atom. The van der Waals surface area contributed by atoms with Gasteiger partial charge in [-0.05, 0) is 17.5 Å². The van der Waals surface area contributed by atoms with Gasteiger partial charge in [0.15, 0.2) is 0 Å². The van der Waals surface area contributed by atoms with Crippen molar-refractivity contribution >= 4 is 34.7 Å². The molecule has 0 aliphatic carbocycles. The number of nitrogens with zero attached hydrogens (tertiary/aromatic N) is 1. The quantitative estimate of drug-likeness (QED) is 0.804. The van der Waals surface area contributed by atoms with Gasteiger partial charge in [0, 0.05) is 28.8 Å². The first-order valence-electron chi connectivity index (χ1n) is 7.61. The summed E-state index contributed by atoms with van der Waals surface area (Å²) in [5.41, 5.74) is 1.11. The summed E-state index contributed by atoms with van der Waals surface area (Å²) in [4.78, 5) is 28.1. The molecular formula is C18H20ClNO3S. The third kappa shape index (κ3) is 4.89. The number of aliphatic carboxylic acids is 1. The molecule has 2 rings (SSSR count). The first-order valence-corrected chi connectivity index (χ1v) is 8.87. The normalized spacial score (nSPS) is 12.8. The molecule has 0 aliphatic heterocycles. The minimum atomic E-state index is -0.936. The molecule has 4 nitrogen and oxygen atoms in total. The molecule has 0 radical (unpaired) electrons. The second-order valence-electron chi connectivity index (χ2n) is 6.83. The summed E-state index contributed by atoms with van der Waals surface area (Å²) in [5, 5.41) is 12.6. The van der Waals surface area contributed by atoms with Crippen molar-refractivity contribution in [2.24, 2.45) is 11.3 Å². The molecule has 24 heavy (non-hydrogen) atoms. The van der Waals surface area contributed by atoms with Crippen LogP contribution in [0.15, 0.2) is 29.6 Å². The van der Waals surface area contributed by atoms with E-state index in [4.69, 9.17) is 11.6 Å². The summed E-state index contributed by atoms with van der Waals surface area (Å²) in [6.07, 6.45) is 0.166. The summed E-state index contributed by atoms with van der Waals surface area (Å²) < 4.78 is 0. The van der Waals surface area contributed by atoms with Crippen molar-refractivity contribution in [1.29, 1.82) is 0 Å². The number of aromatic nitrogens is 1. The Labute approximate surface area is 150 Å². The van der Waals surface area contributed by atoms with Crippen molar-refractivity contribution in [3.05, 3.63) is 40.4 Å². The standard InChI is InChI=1S/C18H20ClNO3S/c1-18(2,3)15(17(22)23)9-14(21)8-13-10-24-16(20-13)11-5-4-6-12(19)7-11/h4-7,10,15H,8-9H2,1-3H3,(H,22,23). The number of thiazole rings is 1. The number of Topliss-reactive ketones (excluding diaryl/α,β-unsaturated/α-hetero) is 1. The summed E-state index contributed by atoms with van der Waals surface area (Å²) in [6.45, 7) is 5.50. The van der Waals surface area contributed by atoms with Crippen LogP contribution in [0, 0.1) is 11.3 Å². The molecule has 1 aromatic heterocycles. The number of hydrogen-bond donors (Lipinski definition) is 1. The van der Waals surface area contributed by atoms with Gasteiger partial charge in [-0.1, -0.05) is 44.5 Å². The summed E-state index contributed by atoms with van der Waals surface area (Å²) in [5.74, 6) is -1.75. The Morgan fingerprint density at radius 2 is 2.04 bits per heavy atom. The first-order chi connectivity index (χ1) is 11.2. The number of carboxylic acids is 1. The largest absolute Gasteiger partial charge is 0.481 e. The number of rotatable bonds is 6. The maximum absolute atomic E-state index is 12.3. The second kappa shape index (κ2) is 7.45. The zero-order valence-electron chi connectivity index (χ0n) is 13.9. The van der Waals surface area contributed by atoms with Gasteiger partial charge < -0.3 is 5.11 Å². The maximum atomic E-state index is 12.3. The van der Waals surface area contributed by atoms with E-state index in [0.29, 0.717) is 10.7 Å². The topological polar surface area (TPSA) is 67.3 Å². The minimum absolute atomic E-state index is 0.0167. The van der Waals surface area contributed by atoms with Crippen LogP contribution in [0.4, 0.5) is 0 Å². The average Bonchev–Trinajstić information content (AvgIpc) is 2.91. The molecule has 0 spiro atoms. The molecule has 2 aromatic rings. The molecule has 0 aliphatic rings. The van der Waals surface area contributed by atoms with Crippen LogP contribution >= 0.6 is 22.9 Å². The average molecular weight is 366 g/mol. The Morgan fingerprint density at radius 3 is 2.62 bits per heavy atom. The van der Waals surface area contributed by atoms with E-state index in [9.17, 15) is 14.7 Å². The van der Waals surface area contributed by atoms with Crippen molar-refractivity contribution in [2.45, 2.75) is 33.6 Å². The predicted molar refractivity (Wildman–Crippen MR) is 96.5 cm³/mol. The molecule has 1 aromatic carbocycles. The predicted octanol–water partition coefficient (Wildman–Crippen LogP) is 4.71. The van der Waals surface area contributed by atoms with Crippen LogP contribution in [0.2, 0.25) is 5.02 Å². The van der Waals surface area contributed by atoms with E-state index >= 15 is 0 Å². The minimum Gasteiger partial charge on any atom is -0.481 e. The van der Waals surface area contributed by atoms with Crippen LogP contribution in [0.3, 0.4) is 0 Å². The molecule has 6 heteroatoms. The fourth-order valence-corrected chi connectivity index (χ4v) is 3.42. The van der Waals surface area contributed by atoms with Gasteiger partial charge in [0.05, 0.1) is 11.6 Å². The van der Waals surface area contributed by atoms with Gasteiger partial charge in [0.1, 0.15) is 10.8 Å². The van der Waals surface area contributed by atoms with E-state index in [2.05, 4.69) is 4.98 Å². The van der Waals surface area contributed by atoms with Gasteiger partial charge in [0.25, 0.3) is 0 Å². The molecule has 0 saturated carbocycles. The van der Waals surface area contributed by atoms with Crippen molar-refractivity contribution in [3.8, 4) is 10.6 Å². The van der Waals surface area contributed by atoms with Gasteiger partial charge in [0.2, 0.25) is 0 Å². The summed E-state index contributed by atoms with van der Waals surface area (Å²) in [6, 6.07) is 7.38. The zero-order valence-corrected chi connectivity index (χ0v) is 15.4. The molecule has 1 unspecified atom stereocenters. The van der Waals surface area contributed by atoms with E-state index in [0.717, 1.165) is 10.6 Å². The van der Waals surface area contributed by atoms with Gasteiger partial charge in [-0.2, -0.15) is 0 Å². The number of carbonyl (C=O) groups excluding carboxylic acids is 1. The third-order valence-electron chi connectivity index (χ3n) is 3.78. The zero-order chi connectivity index (χ0) is 17.9. The number of carbonyl (C=O) groups is 2. The Bertz CT molecular complexity index is 749. The van der Waals surface area contributed by atoms with Crippen molar-refractivity contribution in [3.63, 3.8) is 0 Å². The first kappa shape index (κ1) is 18.6. The highest BCUT2D eigenvalue weighted by Crippen LogP contribution is 2.30. The van der Waals surface area contributed by atoms with Crippen molar-refractivity contribution < 1.29 is 14.7 Å². The van der Waals surface area contributed by atoms with Crippen LogP contribution < -0.4 is 0 Å².